The smallest absolute Gasteiger partial charge is 0.226 e. The van der Waals surface area contributed by atoms with Crippen LogP contribution in [0.15, 0.2) is 47.0 Å². The van der Waals surface area contributed by atoms with Crippen LogP contribution in [0, 0.1) is 11.2 Å². The third-order valence-electron chi connectivity index (χ3n) is 4.44. The molecule has 120 valence electrons. The first-order valence-electron chi connectivity index (χ1n) is 7.94. The minimum Gasteiger partial charge on any atom is -0.441 e. The lowest BCUT2D eigenvalue weighted by atomic mass is 9.86. The number of hydrogen-bond donors (Lipinski definition) is 1. The molecule has 0 amide bonds. The van der Waals surface area contributed by atoms with E-state index in [2.05, 4.69) is 9.97 Å². The number of rotatable bonds is 3. The highest BCUT2D eigenvalue weighted by atomic mass is 19.1. The van der Waals surface area contributed by atoms with E-state index in [4.69, 9.17) is 9.83 Å². The van der Waals surface area contributed by atoms with Crippen LogP contribution in [0.4, 0.5) is 4.39 Å². The Hall–Kier alpha value is -2.82. The van der Waals surface area contributed by atoms with Gasteiger partial charge in [0.2, 0.25) is 5.89 Å². The minimum atomic E-state index is -0.274. The maximum atomic E-state index is 13.1. The average molecular weight is 321 g/mol. The lowest BCUT2D eigenvalue weighted by Gasteiger charge is -2.20. The molecular formula is C19H16FN3O. The third kappa shape index (κ3) is 2.62. The SMILES string of the molecule is N=Cc1cccnc1C1CCc2oc(-c3ccc(F)cc3)nc2C1. The fourth-order valence-corrected chi connectivity index (χ4v) is 3.22. The third-order valence-corrected chi connectivity index (χ3v) is 4.44. The second-order valence-corrected chi connectivity index (χ2v) is 5.96. The summed E-state index contributed by atoms with van der Waals surface area (Å²) in [4.78, 5) is 9.08. The molecule has 1 aliphatic carbocycles. The van der Waals surface area contributed by atoms with Crippen molar-refractivity contribution in [1.29, 1.82) is 5.41 Å². The van der Waals surface area contributed by atoms with Crippen molar-refractivity contribution in [3.05, 3.63) is 71.1 Å². The van der Waals surface area contributed by atoms with Crippen LogP contribution in [0.25, 0.3) is 11.5 Å². The number of aryl methyl sites for hydroxylation is 1. The molecule has 2 heterocycles. The van der Waals surface area contributed by atoms with Gasteiger partial charge in [-0.15, -0.1) is 0 Å². The standard InChI is InChI=1S/C19H16FN3O/c20-15-6-3-12(4-7-15)19-23-16-10-13(5-8-17(16)24-19)18-14(11-21)2-1-9-22-18/h1-4,6-7,9,11,13,21H,5,8,10H2. The van der Waals surface area contributed by atoms with E-state index in [1.807, 2.05) is 12.1 Å². The van der Waals surface area contributed by atoms with Gasteiger partial charge in [-0.1, -0.05) is 6.07 Å². The number of halogens is 1. The van der Waals surface area contributed by atoms with Gasteiger partial charge in [-0.3, -0.25) is 4.98 Å². The quantitative estimate of drug-likeness (QED) is 0.737. The van der Waals surface area contributed by atoms with Crippen LogP contribution in [0.5, 0.6) is 0 Å². The van der Waals surface area contributed by atoms with Crippen LogP contribution in [-0.4, -0.2) is 16.2 Å². The van der Waals surface area contributed by atoms with Crippen molar-refractivity contribution in [2.45, 2.75) is 25.2 Å². The minimum absolute atomic E-state index is 0.237. The molecule has 1 atom stereocenters. The summed E-state index contributed by atoms with van der Waals surface area (Å²) >= 11 is 0. The van der Waals surface area contributed by atoms with Gasteiger partial charge in [0.25, 0.3) is 0 Å². The summed E-state index contributed by atoms with van der Waals surface area (Å²) < 4.78 is 18.9. The molecule has 0 aliphatic heterocycles. The van der Waals surface area contributed by atoms with Gasteiger partial charge in [0.15, 0.2) is 0 Å². The molecule has 1 N–H and O–H groups in total. The molecule has 0 fully saturated rings. The number of nitrogens with one attached hydrogen (secondary N) is 1. The van der Waals surface area contributed by atoms with Crippen LogP contribution in [0.3, 0.4) is 0 Å². The molecule has 4 nitrogen and oxygen atoms in total. The molecule has 0 bridgehead atoms. The molecule has 0 spiro atoms. The van der Waals surface area contributed by atoms with Crippen LogP contribution < -0.4 is 0 Å². The first-order valence-corrected chi connectivity index (χ1v) is 7.94. The second-order valence-electron chi connectivity index (χ2n) is 5.96. The van der Waals surface area contributed by atoms with Crippen molar-refractivity contribution in [3.8, 4) is 11.5 Å². The molecule has 0 saturated carbocycles. The highest BCUT2D eigenvalue weighted by Gasteiger charge is 2.27. The van der Waals surface area contributed by atoms with E-state index in [9.17, 15) is 4.39 Å². The molecule has 2 aromatic heterocycles. The zero-order valence-electron chi connectivity index (χ0n) is 13.0. The van der Waals surface area contributed by atoms with Crippen LogP contribution >= 0.6 is 0 Å². The van der Waals surface area contributed by atoms with E-state index in [0.717, 1.165) is 47.5 Å². The van der Waals surface area contributed by atoms with E-state index < -0.39 is 0 Å². The molecule has 5 heteroatoms. The molecular weight excluding hydrogens is 305 g/mol. The van der Waals surface area contributed by atoms with Gasteiger partial charge in [-0.25, -0.2) is 9.37 Å². The summed E-state index contributed by atoms with van der Waals surface area (Å²) in [7, 11) is 0. The molecule has 24 heavy (non-hydrogen) atoms. The highest BCUT2D eigenvalue weighted by Crippen LogP contribution is 2.35. The van der Waals surface area contributed by atoms with Gasteiger partial charge < -0.3 is 9.83 Å². The summed E-state index contributed by atoms with van der Waals surface area (Å²) in [5.74, 6) is 1.40. The molecule has 0 radical (unpaired) electrons. The number of benzene rings is 1. The number of oxazole rings is 1. The zero-order chi connectivity index (χ0) is 16.5. The van der Waals surface area contributed by atoms with Gasteiger partial charge >= 0.3 is 0 Å². The highest BCUT2D eigenvalue weighted by molar-refractivity contribution is 5.78. The topological polar surface area (TPSA) is 62.8 Å². The Labute approximate surface area is 138 Å². The van der Waals surface area contributed by atoms with Gasteiger partial charge in [0.05, 0.1) is 11.4 Å². The van der Waals surface area contributed by atoms with Crippen molar-refractivity contribution >= 4 is 6.21 Å². The number of nitrogens with zero attached hydrogens (tertiary/aromatic N) is 2. The first-order chi connectivity index (χ1) is 11.7. The summed E-state index contributed by atoms with van der Waals surface area (Å²) in [5, 5.41) is 7.55. The maximum absolute atomic E-state index is 13.1. The Bertz CT molecular complexity index is 886. The second kappa shape index (κ2) is 6.00. The van der Waals surface area contributed by atoms with E-state index in [-0.39, 0.29) is 11.7 Å². The van der Waals surface area contributed by atoms with E-state index in [0.29, 0.717) is 5.89 Å². The Morgan fingerprint density at radius 2 is 2.04 bits per heavy atom. The maximum Gasteiger partial charge on any atom is 0.226 e. The van der Waals surface area contributed by atoms with Crippen LogP contribution in [0.2, 0.25) is 0 Å². The van der Waals surface area contributed by atoms with E-state index in [1.165, 1.54) is 18.3 Å². The van der Waals surface area contributed by atoms with E-state index >= 15 is 0 Å². The lowest BCUT2D eigenvalue weighted by Crippen LogP contribution is -2.15. The van der Waals surface area contributed by atoms with Crippen LogP contribution in [-0.2, 0) is 12.8 Å². The van der Waals surface area contributed by atoms with Gasteiger partial charge in [0, 0.05) is 42.3 Å². The number of aromatic nitrogens is 2. The van der Waals surface area contributed by atoms with Gasteiger partial charge in [0.1, 0.15) is 11.6 Å². The van der Waals surface area contributed by atoms with Crippen molar-refractivity contribution < 1.29 is 8.81 Å². The Kier molecular flexibility index (Phi) is 3.69. The van der Waals surface area contributed by atoms with Crippen molar-refractivity contribution in [1.82, 2.24) is 9.97 Å². The summed E-state index contributed by atoms with van der Waals surface area (Å²) in [6.45, 7) is 0. The molecule has 3 aromatic rings. The fourth-order valence-electron chi connectivity index (χ4n) is 3.22. The Morgan fingerprint density at radius 3 is 2.83 bits per heavy atom. The Morgan fingerprint density at radius 1 is 1.21 bits per heavy atom. The average Bonchev–Trinajstić information content (AvgIpc) is 3.05. The van der Waals surface area contributed by atoms with E-state index in [1.54, 1.807) is 18.3 Å². The summed E-state index contributed by atoms with van der Waals surface area (Å²) in [5.41, 5.74) is 3.52. The summed E-state index contributed by atoms with van der Waals surface area (Å²) in [6, 6.07) is 9.93. The predicted molar refractivity (Wildman–Crippen MR) is 88.8 cm³/mol. The molecule has 1 aliphatic rings. The predicted octanol–water partition coefficient (Wildman–Crippen LogP) is 4.15. The largest absolute Gasteiger partial charge is 0.441 e. The Balaban J connectivity index is 1.64. The van der Waals surface area contributed by atoms with Gasteiger partial charge in [-0.05, 0) is 36.8 Å². The number of pyridine rings is 1. The molecule has 0 saturated heterocycles. The normalized spacial score (nSPS) is 16.6. The molecule has 1 aromatic carbocycles. The van der Waals surface area contributed by atoms with Gasteiger partial charge in [-0.2, -0.15) is 0 Å². The fraction of sp³-hybridized carbons (Fsp3) is 0.211. The first kappa shape index (κ1) is 14.8. The number of hydrogen-bond acceptors (Lipinski definition) is 4. The van der Waals surface area contributed by atoms with Crippen molar-refractivity contribution in [2.75, 3.05) is 0 Å². The molecule has 4 rings (SSSR count). The lowest BCUT2D eigenvalue weighted by molar-refractivity contribution is 0.461. The summed E-state index contributed by atoms with van der Waals surface area (Å²) in [6.07, 6.45) is 5.58. The van der Waals surface area contributed by atoms with Crippen molar-refractivity contribution in [2.24, 2.45) is 0 Å². The molecule has 1 unspecified atom stereocenters. The van der Waals surface area contributed by atoms with Crippen molar-refractivity contribution in [3.63, 3.8) is 0 Å². The number of fused-ring (bicyclic) bond motifs is 1. The monoisotopic (exact) mass is 321 g/mol. The zero-order valence-corrected chi connectivity index (χ0v) is 13.0. The van der Waals surface area contributed by atoms with Crippen LogP contribution in [0.1, 0.15) is 35.1 Å².